The third-order valence-electron chi connectivity index (χ3n) is 3.90. The molecule has 0 spiro atoms. The van der Waals surface area contributed by atoms with Gasteiger partial charge in [0.1, 0.15) is 3.03 Å². The Kier molecular flexibility index (Phi) is 6.62. The lowest BCUT2D eigenvalue weighted by Crippen LogP contribution is -2.44. The molecule has 0 amide bonds. The van der Waals surface area contributed by atoms with Crippen LogP contribution in [0, 0.1) is 0 Å². The molecule has 0 N–H and O–H groups in total. The van der Waals surface area contributed by atoms with E-state index in [4.69, 9.17) is 0 Å². The van der Waals surface area contributed by atoms with Gasteiger partial charge in [-0.05, 0) is 36.4 Å². The molecular weight excluding hydrogens is 389 g/mol. The third-order valence-corrected chi connectivity index (χ3v) is 16.0. The fraction of sp³-hybridized carbons (Fsp3) is 0.182. The van der Waals surface area contributed by atoms with Gasteiger partial charge in [0.2, 0.25) is 0 Å². The first-order valence-electron chi connectivity index (χ1n) is 8.71. The van der Waals surface area contributed by atoms with E-state index in [1.165, 1.54) is 14.7 Å². The molecule has 4 heteroatoms. The van der Waals surface area contributed by atoms with Crippen molar-refractivity contribution in [3.05, 3.63) is 91.0 Å². The van der Waals surface area contributed by atoms with E-state index in [0.717, 1.165) is 0 Å². The highest BCUT2D eigenvalue weighted by Crippen LogP contribution is 2.59. The van der Waals surface area contributed by atoms with Gasteiger partial charge in [-0.3, -0.25) is 0 Å². The van der Waals surface area contributed by atoms with Crippen LogP contribution >= 0.6 is 35.3 Å². The van der Waals surface area contributed by atoms with Crippen LogP contribution in [0.3, 0.4) is 0 Å². The molecule has 134 valence electrons. The normalized spacial score (nSPS) is 12.1. The average molecular weight is 413 g/mol. The lowest BCUT2D eigenvalue weighted by Gasteiger charge is -2.42. The van der Waals surface area contributed by atoms with E-state index in [1.807, 2.05) is 35.3 Å². The first-order valence-corrected chi connectivity index (χ1v) is 14.7. The Morgan fingerprint density at radius 2 is 0.769 bits per heavy atom. The van der Waals surface area contributed by atoms with E-state index in [-0.39, 0.29) is 3.03 Å². The smallest absolute Gasteiger partial charge is 0.100 e. The molecule has 0 heterocycles. The maximum absolute atomic E-state index is 2.48. The van der Waals surface area contributed by atoms with E-state index < -0.39 is 8.07 Å². The maximum atomic E-state index is 2.48. The molecule has 3 aromatic carbocycles. The molecule has 0 atom stereocenters. The van der Waals surface area contributed by atoms with Crippen molar-refractivity contribution in [1.82, 2.24) is 0 Å². The van der Waals surface area contributed by atoms with Gasteiger partial charge in [-0.1, -0.05) is 74.2 Å². The van der Waals surface area contributed by atoms with Gasteiger partial charge in [0.15, 0.2) is 0 Å². The van der Waals surface area contributed by atoms with Crippen LogP contribution in [0.1, 0.15) is 0 Å². The van der Waals surface area contributed by atoms with Crippen LogP contribution in [0.4, 0.5) is 0 Å². The van der Waals surface area contributed by atoms with Crippen LogP contribution in [0.2, 0.25) is 19.6 Å². The fourth-order valence-electron chi connectivity index (χ4n) is 2.45. The van der Waals surface area contributed by atoms with Crippen molar-refractivity contribution in [3.8, 4) is 0 Å². The largest absolute Gasteiger partial charge is 0.108 e. The molecule has 0 aliphatic carbocycles. The first kappa shape index (κ1) is 19.7. The van der Waals surface area contributed by atoms with Gasteiger partial charge in [-0.15, -0.1) is 35.3 Å². The summed E-state index contributed by atoms with van der Waals surface area (Å²) in [5.41, 5.74) is 0. The van der Waals surface area contributed by atoms with Crippen LogP contribution in [-0.2, 0) is 0 Å². The lowest BCUT2D eigenvalue weighted by molar-refractivity contribution is 1.39. The summed E-state index contributed by atoms with van der Waals surface area (Å²) >= 11 is 6.06. The Balaban J connectivity index is 2.04. The van der Waals surface area contributed by atoms with E-state index in [0.29, 0.717) is 0 Å². The van der Waals surface area contributed by atoms with Crippen molar-refractivity contribution in [3.63, 3.8) is 0 Å². The SMILES string of the molecule is C[Si](C)(C)C(Sc1ccccc1)(Sc1ccccc1)Sc1ccccc1. The molecule has 0 aromatic heterocycles. The minimum Gasteiger partial charge on any atom is -0.100 e. The highest BCUT2D eigenvalue weighted by Gasteiger charge is 2.46. The van der Waals surface area contributed by atoms with Crippen LogP contribution in [0.5, 0.6) is 0 Å². The topological polar surface area (TPSA) is 0 Å². The Bertz CT molecular complexity index is 698. The van der Waals surface area contributed by atoms with Crippen molar-refractivity contribution < 1.29 is 0 Å². The standard InChI is InChI=1S/C22H24S3Si/c1-26(2,3)22(23-19-13-7-4-8-14-19,24-20-15-9-5-10-16-20)25-21-17-11-6-12-18-21/h4-18H,1-3H3. The zero-order chi connectivity index (χ0) is 18.5. The van der Waals surface area contributed by atoms with Crippen molar-refractivity contribution in [2.75, 3.05) is 0 Å². The van der Waals surface area contributed by atoms with Crippen LogP contribution in [0.25, 0.3) is 0 Å². The summed E-state index contributed by atoms with van der Waals surface area (Å²) in [6.45, 7) is 7.44. The summed E-state index contributed by atoms with van der Waals surface area (Å²) < 4.78 is 0.0388. The van der Waals surface area contributed by atoms with E-state index >= 15 is 0 Å². The van der Waals surface area contributed by atoms with Crippen LogP contribution in [0.15, 0.2) is 106 Å². The monoisotopic (exact) mass is 412 g/mol. The Morgan fingerprint density at radius 3 is 1.00 bits per heavy atom. The Labute approximate surface area is 171 Å². The second-order valence-corrected chi connectivity index (χ2v) is 18.0. The second kappa shape index (κ2) is 8.74. The molecule has 0 radical (unpaired) electrons. The summed E-state index contributed by atoms with van der Waals surface area (Å²) in [5.74, 6) is 0. The van der Waals surface area contributed by atoms with Crippen LogP contribution in [-0.4, -0.2) is 11.1 Å². The van der Waals surface area contributed by atoms with Crippen molar-refractivity contribution in [1.29, 1.82) is 0 Å². The molecule has 0 aliphatic heterocycles. The van der Waals surface area contributed by atoms with Gasteiger partial charge in [0.05, 0.1) is 8.07 Å². The number of hydrogen-bond acceptors (Lipinski definition) is 3. The molecule has 0 nitrogen and oxygen atoms in total. The highest BCUT2D eigenvalue weighted by molar-refractivity contribution is 8.36. The molecule has 0 fully saturated rings. The van der Waals surface area contributed by atoms with Crippen LogP contribution < -0.4 is 0 Å². The van der Waals surface area contributed by atoms with Crippen molar-refractivity contribution in [2.24, 2.45) is 0 Å². The quantitative estimate of drug-likeness (QED) is 0.220. The van der Waals surface area contributed by atoms with Crippen molar-refractivity contribution in [2.45, 2.75) is 37.4 Å². The fourth-order valence-corrected chi connectivity index (χ4v) is 11.2. The van der Waals surface area contributed by atoms with E-state index in [1.54, 1.807) is 0 Å². The molecule has 26 heavy (non-hydrogen) atoms. The number of thioether (sulfide) groups is 3. The van der Waals surface area contributed by atoms with E-state index in [2.05, 4.69) is 111 Å². The molecule has 0 bridgehead atoms. The minimum absolute atomic E-state index is 0.0388. The zero-order valence-electron chi connectivity index (χ0n) is 15.4. The van der Waals surface area contributed by atoms with Gasteiger partial charge in [-0.25, -0.2) is 0 Å². The maximum Gasteiger partial charge on any atom is 0.108 e. The second-order valence-electron chi connectivity index (χ2n) is 7.05. The summed E-state index contributed by atoms with van der Waals surface area (Å²) in [7, 11) is -1.60. The number of benzene rings is 3. The van der Waals surface area contributed by atoms with Gasteiger partial charge in [0, 0.05) is 14.7 Å². The third kappa shape index (κ3) is 5.01. The summed E-state index contributed by atoms with van der Waals surface area (Å²) in [4.78, 5) is 4.00. The predicted octanol–water partition coefficient (Wildman–Crippen LogP) is 7.89. The molecular formula is C22H24S3Si. The Hall–Kier alpha value is -1.07. The molecule has 0 aliphatic rings. The minimum atomic E-state index is -1.60. The molecule has 3 aromatic rings. The van der Waals surface area contributed by atoms with Gasteiger partial charge >= 0.3 is 0 Å². The average Bonchev–Trinajstić information content (AvgIpc) is 2.63. The number of rotatable bonds is 7. The van der Waals surface area contributed by atoms with E-state index in [9.17, 15) is 0 Å². The molecule has 3 rings (SSSR count). The number of hydrogen-bond donors (Lipinski definition) is 0. The lowest BCUT2D eigenvalue weighted by atomic mass is 10.4. The molecule has 0 saturated heterocycles. The Morgan fingerprint density at radius 1 is 0.500 bits per heavy atom. The van der Waals surface area contributed by atoms with Gasteiger partial charge < -0.3 is 0 Å². The summed E-state index contributed by atoms with van der Waals surface area (Å²) in [6, 6.07) is 32.5. The van der Waals surface area contributed by atoms with Gasteiger partial charge in [-0.2, -0.15) is 0 Å². The summed E-state index contributed by atoms with van der Waals surface area (Å²) in [6.07, 6.45) is 0. The predicted molar refractivity (Wildman–Crippen MR) is 123 cm³/mol. The first-order chi connectivity index (χ1) is 12.5. The van der Waals surface area contributed by atoms with Crippen molar-refractivity contribution >= 4 is 43.4 Å². The molecule has 0 unspecified atom stereocenters. The highest BCUT2D eigenvalue weighted by atomic mass is 32.3. The van der Waals surface area contributed by atoms with Gasteiger partial charge in [0.25, 0.3) is 0 Å². The molecule has 0 saturated carbocycles. The summed E-state index contributed by atoms with van der Waals surface area (Å²) in [5, 5.41) is 0. The zero-order valence-corrected chi connectivity index (χ0v) is 18.8.